The van der Waals surface area contributed by atoms with E-state index in [1.54, 1.807) is 0 Å². The first-order valence-electron chi connectivity index (χ1n) is 12.3. The van der Waals surface area contributed by atoms with Crippen LogP contribution >= 0.6 is 0 Å². The van der Waals surface area contributed by atoms with Gasteiger partial charge in [-0.15, -0.1) is 0 Å². The highest BCUT2D eigenvalue weighted by Crippen LogP contribution is 2.49. The predicted octanol–water partition coefficient (Wildman–Crippen LogP) is 7.83. The quantitative estimate of drug-likeness (QED) is 0.231. The number of aromatic nitrogens is 1. The van der Waals surface area contributed by atoms with Crippen LogP contribution in [0.25, 0.3) is 49.7 Å². The van der Waals surface area contributed by atoms with Gasteiger partial charge < -0.3 is 4.57 Å². The van der Waals surface area contributed by atoms with Crippen LogP contribution < -0.4 is 0 Å². The first kappa shape index (κ1) is 17.4. The summed E-state index contributed by atoms with van der Waals surface area (Å²) < 4.78 is 2.62. The lowest BCUT2D eigenvalue weighted by Gasteiger charge is -2.24. The minimum absolute atomic E-state index is 1.01. The third kappa shape index (κ3) is 1.94. The van der Waals surface area contributed by atoms with Crippen molar-refractivity contribution < 1.29 is 0 Å². The topological polar surface area (TPSA) is 4.93 Å². The molecule has 1 aliphatic heterocycles. The van der Waals surface area contributed by atoms with Crippen molar-refractivity contribution in [3.63, 3.8) is 0 Å². The van der Waals surface area contributed by atoms with Crippen molar-refractivity contribution in [3.05, 3.63) is 124 Å². The number of rotatable bonds is 0. The van der Waals surface area contributed by atoms with Crippen molar-refractivity contribution in [2.45, 2.75) is 19.3 Å². The summed E-state index contributed by atoms with van der Waals surface area (Å²) in [6.07, 6.45) is 3.07. The highest BCUT2D eigenvalue weighted by atomic mass is 15.0. The number of hydrogen-bond donors (Lipinski definition) is 0. The van der Waals surface area contributed by atoms with Crippen molar-refractivity contribution in [3.8, 4) is 27.9 Å². The lowest BCUT2D eigenvalue weighted by Crippen LogP contribution is -2.11. The Kier molecular flexibility index (Phi) is 3.00. The molecule has 0 spiro atoms. The van der Waals surface area contributed by atoms with Gasteiger partial charge in [0.15, 0.2) is 0 Å². The molecule has 0 unspecified atom stereocenters. The SMILES string of the molecule is c1ccc2c(c1)Cc1c-2ccc2c1Cc1cccc3c4ccc5c(c4n-2c13)Cc1ccccc1-5. The zero-order valence-corrected chi connectivity index (χ0v) is 18.7. The van der Waals surface area contributed by atoms with Crippen LogP contribution in [-0.2, 0) is 19.3 Å². The first-order chi connectivity index (χ1) is 16.9. The Balaban J connectivity index is 1.41. The van der Waals surface area contributed by atoms with Crippen LogP contribution in [0.1, 0.15) is 33.4 Å². The molecular formula is C33H21N. The normalized spacial score (nSPS) is 14.1. The first-order valence-corrected chi connectivity index (χ1v) is 12.3. The van der Waals surface area contributed by atoms with Gasteiger partial charge in [-0.2, -0.15) is 0 Å². The Hall–Kier alpha value is -4.10. The van der Waals surface area contributed by atoms with Gasteiger partial charge in [0.25, 0.3) is 0 Å². The third-order valence-corrected chi connectivity index (χ3v) is 8.50. The Morgan fingerprint density at radius 2 is 1.03 bits per heavy atom. The van der Waals surface area contributed by atoms with Gasteiger partial charge in [0.2, 0.25) is 0 Å². The number of benzene rings is 5. The highest BCUT2D eigenvalue weighted by molar-refractivity contribution is 6.14. The van der Waals surface area contributed by atoms with Crippen molar-refractivity contribution in [1.82, 2.24) is 4.57 Å². The fourth-order valence-corrected chi connectivity index (χ4v) is 7.10. The summed E-state index contributed by atoms with van der Waals surface area (Å²) in [5.74, 6) is 0. The molecule has 1 nitrogen and oxygen atoms in total. The lowest BCUT2D eigenvalue weighted by atomic mass is 9.91. The Labute approximate surface area is 197 Å². The molecule has 0 N–H and O–H groups in total. The highest BCUT2D eigenvalue weighted by Gasteiger charge is 2.31. The molecule has 0 radical (unpaired) electrons. The second-order valence-electron chi connectivity index (χ2n) is 10.1. The van der Waals surface area contributed by atoms with Crippen molar-refractivity contribution >= 4 is 21.8 Å². The van der Waals surface area contributed by atoms with E-state index >= 15 is 0 Å². The number of fused-ring (bicyclic) bond motifs is 13. The van der Waals surface area contributed by atoms with Crippen LogP contribution in [-0.4, -0.2) is 4.57 Å². The molecule has 5 aromatic carbocycles. The average Bonchev–Trinajstić information content (AvgIpc) is 3.55. The van der Waals surface area contributed by atoms with Crippen molar-refractivity contribution in [1.29, 1.82) is 0 Å². The van der Waals surface area contributed by atoms with E-state index in [9.17, 15) is 0 Å². The van der Waals surface area contributed by atoms with E-state index in [-0.39, 0.29) is 0 Å². The van der Waals surface area contributed by atoms with Crippen LogP contribution in [0.3, 0.4) is 0 Å². The second kappa shape index (κ2) is 5.87. The third-order valence-electron chi connectivity index (χ3n) is 8.50. The van der Waals surface area contributed by atoms with Crippen LogP contribution in [0, 0.1) is 0 Å². The summed E-state index contributed by atoms with van der Waals surface area (Å²) >= 11 is 0. The standard InChI is InChI=1S/C33H21N/c1-3-9-22-19(6-1)16-28-24(22)14-15-31-29(28)18-21-8-5-11-26-27-13-12-25-23-10-4-2-7-20(23)17-30(25)33(27)34(31)32(21)26/h1-15H,16-18H2. The predicted molar refractivity (Wildman–Crippen MR) is 140 cm³/mol. The van der Waals surface area contributed by atoms with Gasteiger partial charge in [0.05, 0.1) is 16.7 Å². The van der Waals surface area contributed by atoms with Gasteiger partial charge in [0.1, 0.15) is 0 Å². The van der Waals surface area contributed by atoms with Crippen LogP contribution in [0.4, 0.5) is 0 Å². The Morgan fingerprint density at radius 1 is 0.412 bits per heavy atom. The molecule has 0 saturated carbocycles. The van der Waals surface area contributed by atoms with Gasteiger partial charge in [-0.25, -0.2) is 0 Å². The van der Waals surface area contributed by atoms with E-state index in [0.717, 1.165) is 19.3 Å². The fraction of sp³-hybridized carbons (Fsp3) is 0.0909. The molecule has 2 aliphatic carbocycles. The van der Waals surface area contributed by atoms with Gasteiger partial charge in [-0.3, -0.25) is 0 Å². The maximum atomic E-state index is 2.62. The zero-order chi connectivity index (χ0) is 22.0. The lowest BCUT2D eigenvalue weighted by molar-refractivity contribution is 1.01. The van der Waals surface area contributed by atoms with Crippen LogP contribution in [0.2, 0.25) is 0 Å². The minimum atomic E-state index is 1.01. The summed E-state index contributed by atoms with van der Waals surface area (Å²) in [6.45, 7) is 0. The fourth-order valence-electron chi connectivity index (χ4n) is 7.10. The molecular weight excluding hydrogens is 410 g/mol. The maximum Gasteiger partial charge on any atom is 0.0582 e. The molecule has 34 heavy (non-hydrogen) atoms. The van der Waals surface area contributed by atoms with E-state index in [1.807, 2.05) is 0 Å². The molecule has 1 heteroatoms. The number of nitrogens with zero attached hydrogens (tertiary/aromatic N) is 1. The van der Waals surface area contributed by atoms with Gasteiger partial charge in [-0.1, -0.05) is 84.9 Å². The minimum Gasteiger partial charge on any atom is -0.308 e. The zero-order valence-electron chi connectivity index (χ0n) is 18.7. The number of hydrogen-bond acceptors (Lipinski definition) is 0. The summed E-state index contributed by atoms with van der Waals surface area (Å²) in [5, 5.41) is 2.78. The molecule has 6 aromatic rings. The molecule has 0 fully saturated rings. The van der Waals surface area contributed by atoms with Crippen molar-refractivity contribution in [2.75, 3.05) is 0 Å². The maximum absolute atomic E-state index is 2.62. The molecule has 0 saturated heterocycles. The van der Waals surface area contributed by atoms with E-state index in [0.29, 0.717) is 0 Å². The molecule has 3 aliphatic rings. The molecule has 0 amide bonds. The van der Waals surface area contributed by atoms with E-state index in [2.05, 4.69) is 95.6 Å². The van der Waals surface area contributed by atoms with E-state index in [4.69, 9.17) is 0 Å². The largest absolute Gasteiger partial charge is 0.308 e. The summed E-state index contributed by atoms with van der Waals surface area (Å²) in [4.78, 5) is 0. The van der Waals surface area contributed by atoms with Crippen LogP contribution in [0.15, 0.2) is 91.0 Å². The molecule has 2 heterocycles. The van der Waals surface area contributed by atoms with Crippen LogP contribution in [0.5, 0.6) is 0 Å². The van der Waals surface area contributed by atoms with Gasteiger partial charge in [-0.05, 0) is 68.1 Å². The number of para-hydroxylation sites is 1. The monoisotopic (exact) mass is 431 g/mol. The Morgan fingerprint density at radius 3 is 1.85 bits per heavy atom. The Bertz CT molecular complexity index is 1880. The summed E-state index contributed by atoms with van der Waals surface area (Å²) in [7, 11) is 0. The molecule has 1 aromatic heterocycles. The van der Waals surface area contributed by atoms with Crippen molar-refractivity contribution in [2.24, 2.45) is 0 Å². The van der Waals surface area contributed by atoms with E-state index in [1.165, 1.54) is 83.1 Å². The van der Waals surface area contributed by atoms with E-state index < -0.39 is 0 Å². The summed E-state index contributed by atoms with van der Waals surface area (Å²) in [5.41, 5.74) is 18.7. The molecule has 0 bridgehead atoms. The molecule has 9 rings (SSSR count). The average molecular weight is 432 g/mol. The summed E-state index contributed by atoms with van der Waals surface area (Å²) in [6, 6.07) is 34.3. The molecule has 0 atom stereocenters. The smallest absolute Gasteiger partial charge is 0.0582 e. The van der Waals surface area contributed by atoms with Gasteiger partial charge >= 0.3 is 0 Å². The van der Waals surface area contributed by atoms with Gasteiger partial charge in [0, 0.05) is 23.6 Å². The molecule has 158 valence electrons. The second-order valence-corrected chi connectivity index (χ2v) is 10.1.